The van der Waals surface area contributed by atoms with Gasteiger partial charge in [-0.1, -0.05) is 48.0 Å². The topological polar surface area (TPSA) is 54.7 Å². The molecule has 0 bridgehead atoms. The second kappa shape index (κ2) is 5.37. The highest BCUT2D eigenvalue weighted by atomic mass is 79.9. The Morgan fingerprint density at radius 3 is 2.48 bits per heavy atom. The molecule has 0 unspecified atom stereocenters. The van der Waals surface area contributed by atoms with Crippen molar-refractivity contribution in [3.05, 3.63) is 58.1 Å². The lowest BCUT2D eigenvalue weighted by Crippen LogP contribution is -1.90. The number of hydrogen-bond donors (Lipinski definition) is 2. The number of nitrogens with two attached hydrogens (primary N) is 1. The number of aromatic nitrogens is 2. The SMILES string of the molecule is Cc1ccc(-c2c(N)n[nH]c2-c2cccc(C)c2Br)cc1. The second-order valence-corrected chi connectivity index (χ2v) is 5.95. The first-order valence-electron chi connectivity index (χ1n) is 6.74. The Kier molecular flexibility index (Phi) is 3.55. The number of nitrogens with one attached hydrogen (secondary N) is 1. The minimum Gasteiger partial charge on any atom is -0.382 e. The summed E-state index contributed by atoms with van der Waals surface area (Å²) >= 11 is 3.66. The first kappa shape index (κ1) is 13.9. The molecule has 0 aliphatic carbocycles. The fourth-order valence-electron chi connectivity index (χ4n) is 2.40. The predicted molar refractivity (Wildman–Crippen MR) is 91.0 cm³/mol. The number of hydrogen-bond acceptors (Lipinski definition) is 2. The van der Waals surface area contributed by atoms with Gasteiger partial charge in [-0.15, -0.1) is 0 Å². The van der Waals surface area contributed by atoms with E-state index in [0.717, 1.165) is 26.9 Å². The van der Waals surface area contributed by atoms with Gasteiger partial charge in [0.1, 0.15) is 0 Å². The molecular formula is C17H16BrN3. The van der Waals surface area contributed by atoms with Crippen molar-refractivity contribution in [3.8, 4) is 22.4 Å². The van der Waals surface area contributed by atoms with Crippen LogP contribution in [-0.2, 0) is 0 Å². The molecule has 2 aromatic carbocycles. The maximum absolute atomic E-state index is 6.08. The van der Waals surface area contributed by atoms with Crippen LogP contribution in [0.1, 0.15) is 11.1 Å². The third-order valence-electron chi connectivity index (χ3n) is 3.60. The average Bonchev–Trinajstić information content (AvgIpc) is 2.85. The van der Waals surface area contributed by atoms with Gasteiger partial charge >= 0.3 is 0 Å². The number of halogens is 1. The highest BCUT2D eigenvalue weighted by molar-refractivity contribution is 9.10. The van der Waals surface area contributed by atoms with Crippen LogP contribution in [0.15, 0.2) is 46.9 Å². The summed E-state index contributed by atoms with van der Waals surface area (Å²) in [5, 5.41) is 7.26. The summed E-state index contributed by atoms with van der Waals surface area (Å²) < 4.78 is 1.06. The summed E-state index contributed by atoms with van der Waals surface area (Å²) in [5.41, 5.74) is 12.5. The van der Waals surface area contributed by atoms with Crippen LogP contribution in [0.25, 0.3) is 22.4 Å². The van der Waals surface area contributed by atoms with Crippen LogP contribution < -0.4 is 5.73 Å². The van der Waals surface area contributed by atoms with Gasteiger partial charge in [0.25, 0.3) is 0 Å². The Balaban J connectivity index is 2.22. The molecule has 3 nitrogen and oxygen atoms in total. The number of aryl methyl sites for hydroxylation is 2. The molecule has 1 aromatic heterocycles. The van der Waals surface area contributed by atoms with Crippen LogP contribution in [0.4, 0.5) is 5.82 Å². The summed E-state index contributed by atoms with van der Waals surface area (Å²) in [7, 11) is 0. The van der Waals surface area contributed by atoms with E-state index in [0.29, 0.717) is 5.82 Å². The summed E-state index contributed by atoms with van der Waals surface area (Å²) in [6.45, 7) is 4.14. The molecule has 0 saturated heterocycles. The molecule has 0 saturated carbocycles. The fraction of sp³-hybridized carbons (Fsp3) is 0.118. The first-order chi connectivity index (χ1) is 10.1. The van der Waals surface area contributed by atoms with E-state index >= 15 is 0 Å². The number of anilines is 1. The molecule has 0 amide bonds. The number of nitrogen functional groups attached to an aromatic ring is 1. The zero-order chi connectivity index (χ0) is 15.0. The van der Waals surface area contributed by atoms with E-state index in [2.05, 4.69) is 76.4 Å². The van der Waals surface area contributed by atoms with Gasteiger partial charge in [0.05, 0.1) is 11.3 Å². The monoisotopic (exact) mass is 341 g/mol. The average molecular weight is 342 g/mol. The number of aromatic amines is 1. The predicted octanol–water partition coefficient (Wildman–Crippen LogP) is 4.71. The molecule has 0 radical (unpaired) electrons. The smallest absolute Gasteiger partial charge is 0.153 e. The van der Waals surface area contributed by atoms with Crippen molar-refractivity contribution in [2.75, 3.05) is 5.73 Å². The number of nitrogens with zero attached hydrogens (tertiary/aromatic N) is 1. The third-order valence-corrected chi connectivity index (χ3v) is 4.65. The van der Waals surface area contributed by atoms with E-state index in [1.54, 1.807) is 0 Å². The molecule has 0 atom stereocenters. The zero-order valence-electron chi connectivity index (χ0n) is 11.9. The van der Waals surface area contributed by atoms with Crippen LogP contribution >= 0.6 is 15.9 Å². The molecule has 3 N–H and O–H groups in total. The third kappa shape index (κ3) is 2.47. The van der Waals surface area contributed by atoms with Crippen molar-refractivity contribution in [1.82, 2.24) is 10.2 Å². The van der Waals surface area contributed by atoms with Crippen molar-refractivity contribution >= 4 is 21.7 Å². The molecule has 0 aliphatic rings. The highest BCUT2D eigenvalue weighted by Crippen LogP contribution is 2.38. The Bertz CT molecular complexity index is 788. The second-order valence-electron chi connectivity index (χ2n) is 5.16. The number of H-pyrrole nitrogens is 1. The number of benzene rings is 2. The molecule has 3 aromatic rings. The van der Waals surface area contributed by atoms with Crippen molar-refractivity contribution in [1.29, 1.82) is 0 Å². The van der Waals surface area contributed by atoms with Crippen molar-refractivity contribution < 1.29 is 0 Å². The highest BCUT2D eigenvalue weighted by Gasteiger charge is 2.17. The Morgan fingerprint density at radius 1 is 1.05 bits per heavy atom. The largest absolute Gasteiger partial charge is 0.382 e. The van der Waals surface area contributed by atoms with Gasteiger partial charge in [0.2, 0.25) is 0 Å². The molecule has 0 fully saturated rings. The van der Waals surface area contributed by atoms with Gasteiger partial charge in [-0.05, 0) is 40.9 Å². The van der Waals surface area contributed by atoms with Crippen LogP contribution in [0.5, 0.6) is 0 Å². The maximum atomic E-state index is 6.08. The number of rotatable bonds is 2. The van der Waals surface area contributed by atoms with Gasteiger partial charge in [0, 0.05) is 10.0 Å². The van der Waals surface area contributed by atoms with E-state index in [4.69, 9.17) is 5.73 Å². The van der Waals surface area contributed by atoms with Crippen LogP contribution in [0, 0.1) is 13.8 Å². The van der Waals surface area contributed by atoms with Gasteiger partial charge in [0.15, 0.2) is 5.82 Å². The quantitative estimate of drug-likeness (QED) is 0.709. The van der Waals surface area contributed by atoms with Crippen LogP contribution in [0.3, 0.4) is 0 Å². The van der Waals surface area contributed by atoms with E-state index in [-0.39, 0.29) is 0 Å². The van der Waals surface area contributed by atoms with E-state index in [1.165, 1.54) is 11.1 Å². The van der Waals surface area contributed by atoms with Crippen molar-refractivity contribution in [3.63, 3.8) is 0 Å². The van der Waals surface area contributed by atoms with E-state index in [1.807, 2.05) is 6.07 Å². The van der Waals surface area contributed by atoms with E-state index in [9.17, 15) is 0 Å². The van der Waals surface area contributed by atoms with Crippen LogP contribution in [-0.4, -0.2) is 10.2 Å². The zero-order valence-corrected chi connectivity index (χ0v) is 13.5. The first-order valence-corrected chi connectivity index (χ1v) is 7.53. The maximum Gasteiger partial charge on any atom is 0.153 e. The molecule has 1 heterocycles. The lowest BCUT2D eigenvalue weighted by Gasteiger charge is -2.09. The Morgan fingerprint density at radius 2 is 1.76 bits per heavy atom. The van der Waals surface area contributed by atoms with Crippen molar-refractivity contribution in [2.45, 2.75) is 13.8 Å². The molecule has 0 aliphatic heterocycles. The summed E-state index contributed by atoms with van der Waals surface area (Å²) in [4.78, 5) is 0. The lowest BCUT2D eigenvalue weighted by atomic mass is 9.99. The molecular weight excluding hydrogens is 326 g/mol. The summed E-state index contributed by atoms with van der Waals surface area (Å²) in [5.74, 6) is 0.516. The fourth-order valence-corrected chi connectivity index (χ4v) is 2.87. The van der Waals surface area contributed by atoms with Gasteiger partial charge in [-0.3, -0.25) is 5.10 Å². The van der Waals surface area contributed by atoms with Gasteiger partial charge < -0.3 is 5.73 Å². The van der Waals surface area contributed by atoms with Crippen molar-refractivity contribution in [2.24, 2.45) is 0 Å². The normalized spacial score (nSPS) is 10.8. The van der Waals surface area contributed by atoms with Gasteiger partial charge in [-0.2, -0.15) is 5.10 Å². The molecule has 106 valence electrons. The lowest BCUT2D eigenvalue weighted by molar-refractivity contribution is 1.10. The molecule has 4 heteroatoms. The summed E-state index contributed by atoms with van der Waals surface area (Å²) in [6.07, 6.45) is 0. The Hall–Kier alpha value is -2.07. The molecule has 0 spiro atoms. The molecule has 3 rings (SSSR count). The summed E-state index contributed by atoms with van der Waals surface area (Å²) in [6, 6.07) is 14.5. The minimum absolute atomic E-state index is 0.516. The van der Waals surface area contributed by atoms with E-state index < -0.39 is 0 Å². The molecule has 21 heavy (non-hydrogen) atoms. The standard InChI is InChI=1S/C17H16BrN3/c1-10-6-8-12(9-7-10)14-16(20-21-17(14)19)13-5-3-4-11(2)15(13)18/h3-9H,1-2H3,(H3,19,20,21). The minimum atomic E-state index is 0.516. The Labute approximate surface area is 132 Å². The van der Waals surface area contributed by atoms with Crippen LogP contribution in [0.2, 0.25) is 0 Å². The van der Waals surface area contributed by atoms with Gasteiger partial charge in [-0.25, -0.2) is 0 Å².